The molecule has 3 N–H and O–H groups in total. The lowest BCUT2D eigenvalue weighted by molar-refractivity contribution is 0.0350. The Hall–Kier alpha value is -1.88. The summed E-state index contributed by atoms with van der Waals surface area (Å²) >= 11 is 0. The first-order valence-corrected chi connectivity index (χ1v) is 6.55. The molecule has 5 nitrogen and oxygen atoms in total. The van der Waals surface area contributed by atoms with E-state index in [1.807, 2.05) is 31.2 Å². The minimum absolute atomic E-state index is 0.459. The molecule has 2 heterocycles. The number of para-hydroxylation sites is 2. The molecule has 1 aromatic heterocycles. The molecule has 2 aromatic rings. The van der Waals surface area contributed by atoms with Gasteiger partial charge in [-0.15, -0.1) is 0 Å². The van der Waals surface area contributed by atoms with Crippen molar-refractivity contribution < 1.29 is 5.11 Å². The van der Waals surface area contributed by atoms with Gasteiger partial charge in [-0.3, -0.25) is 0 Å². The van der Waals surface area contributed by atoms with Crippen LogP contribution < -0.4 is 10.6 Å². The molecule has 1 aliphatic heterocycles. The average molecular weight is 258 g/mol. The highest BCUT2D eigenvalue weighted by atomic mass is 16.3. The third kappa shape index (κ3) is 2.33. The second-order valence-corrected chi connectivity index (χ2v) is 5.41. The SMILES string of the molecule is CC1(O)CCN(c2nc3ccccc3nc2N)CC1. The molecule has 0 spiro atoms. The molecule has 0 atom stereocenters. The Balaban J connectivity index is 1.95. The van der Waals surface area contributed by atoms with Crippen LogP contribution in [0.15, 0.2) is 24.3 Å². The smallest absolute Gasteiger partial charge is 0.172 e. The molecular formula is C14H18N4O. The molecule has 0 aliphatic carbocycles. The lowest BCUT2D eigenvalue weighted by atomic mass is 9.94. The molecule has 0 radical (unpaired) electrons. The van der Waals surface area contributed by atoms with Crippen LogP contribution in [0.4, 0.5) is 11.6 Å². The molecule has 0 unspecified atom stereocenters. The topological polar surface area (TPSA) is 75.3 Å². The fraction of sp³-hybridized carbons (Fsp3) is 0.429. The van der Waals surface area contributed by atoms with Crippen molar-refractivity contribution in [3.8, 4) is 0 Å². The van der Waals surface area contributed by atoms with Crippen LogP contribution >= 0.6 is 0 Å². The number of nitrogens with two attached hydrogens (primary N) is 1. The van der Waals surface area contributed by atoms with E-state index in [0.717, 1.165) is 42.8 Å². The number of fused-ring (bicyclic) bond motifs is 1. The zero-order valence-corrected chi connectivity index (χ0v) is 11.0. The minimum Gasteiger partial charge on any atom is -0.390 e. The van der Waals surface area contributed by atoms with Gasteiger partial charge in [-0.2, -0.15) is 0 Å². The maximum atomic E-state index is 9.99. The molecule has 1 aliphatic rings. The summed E-state index contributed by atoms with van der Waals surface area (Å²) in [5.41, 5.74) is 7.10. The minimum atomic E-state index is -0.574. The molecule has 19 heavy (non-hydrogen) atoms. The van der Waals surface area contributed by atoms with Crippen LogP contribution in [0.25, 0.3) is 11.0 Å². The van der Waals surface area contributed by atoms with Gasteiger partial charge in [0.2, 0.25) is 0 Å². The van der Waals surface area contributed by atoms with Gasteiger partial charge in [-0.05, 0) is 31.9 Å². The van der Waals surface area contributed by atoms with Crippen molar-refractivity contribution in [1.82, 2.24) is 9.97 Å². The number of hydrogen-bond acceptors (Lipinski definition) is 5. The first-order valence-electron chi connectivity index (χ1n) is 6.55. The predicted octanol–water partition coefficient (Wildman–Crippen LogP) is 1.56. The number of piperidine rings is 1. The summed E-state index contributed by atoms with van der Waals surface area (Å²) in [7, 11) is 0. The Labute approximate surface area is 112 Å². The van der Waals surface area contributed by atoms with Crippen LogP contribution in [-0.4, -0.2) is 33.8 Å². The van der Waals surface area contributed by atoms with E-state index in [9.17, 15) is 5.11 Å². The molecule has 5 heteroatoms. The molecule has 3 rings (SSSR count). The third-order valence-electron chi connectivity index (χ3n) is 3.72. The summed E-state index contributed by atoms with van der Waals surface area (Å²) in [4.78, 5) is 11.1. The largest absolute Gasteiger partial charge is 0.390 e. The van der Waals surface area contributed by atoms with Crippen LogP contribution in [0.1, 0.15) is 19.8 Å². The van der Waals surface area contributed by atoms with E-state index in [1.54, 1.807) is 0 Å². The van der Waals surface area contributed by atoms with Gasteiger partial charge in [-0.1, -0.05) is 12.1 Å². The van der Waals surface area contributed by atoms with E-state index in [-0.39, 0.29) is 0 Å². The van der Waals surface area contributed by atoms with Gasteiger partial charge in [0.05, 0.1) is 16.6 Å². The Bertz CT molecular complexity index is 601. The Kier molecular flexibility index (Phi) is 2.78. The van der Waals surface area contributed by atoms with Gasteiger partial charge < -0.3 is 15.7 Å². The lowest BCUT2D eigenvalue weighted by Crippen LogP contribution is -2.43. The third-order valence-corrected chi connectivity index (χ3v) is 3.72. The number of aromatic nitrogens is 2. The van der Waals surface area contributed by atoms with E-state index in [2.05, 4.69) is 14.9 Å². The predicted molar refractivity (Wildman–Crippen MR) is 76.0 cm³/mol. The highest BCUT2D eigenvalue weighted by molar-refractivity contribution is 5.79. The van der Waals surface area contributed by atoms with E-state index in [1.165, 1.54) is 0 Å². The highest BCUT2D eigenvalue weighted by Crippen LogP contribution is 2.28. The van der Waals surface area contributed by atoms with Crippen LogP contribution in [0.2, 0.25) is 0 Å². The molecule has 0 saturated carbocycles. The van der Waals surface area contributed by atoms with Crippen LogP contribution in [0.5, 0.6) is 0 Å². The summed E-state index contributed by atoms with van der Waals surface area (Å²) in [6, 6.07) is 7.71. The van der Waals surface area contributed by atoms with Crippen molar-refractivity contribution in [2.45, 2.75) is 25.4 Å². The summed E-state index contributed by atoms with van der Waals surface area (Å²) in [5, 5.41) is 9.99. The standard InChI is InChI=1S/C14H18N4O/c1-14(19)6-8-18(9-7-14)13-12(15)16-10-4-2-3-5-11(10)17-13/h2-5,19H,6-9H2,1H3,(H2,15,16). The van der Waals surface area contributed by atoms with Crippen LogP contribution in [0, 0.1) is 0 Å². The van der Waals surface area contributed by atoms with Gasteiger partial charge in [0.1, 0.15) is 0 Å². The number of rotatable bonds is 1. The van der Waals surface area contributed by atoms with Crippen molar-refractivity contribution in [2.75, 3.05) is 23.7 Å². The number of hydrogen-bond donors (Lipinski definition) is 2. The Morgan fingerprint density at radius 2 is 1.74 bits per heavy atom. The zero-order valence-electron chi connectivity index (χ0n) is 11.0. The number of nitrogens with zero attached hydrogens (tertiary/aromatic N) is 3. The molecule has 1 aromatic carbocycles. The zero-order chi connectivity index (χ0) is 13.5. The first kappa shape index (κ1) is 12.2. The van der Waals surface area contributed by atoms with Gasteiger partial charge in [-0.25, -0.2) is 9.97 Å². The van der Waals surface area contributed by atoms with E-state index < -0.39 is 5.60 Å². The highest BCUT2D eigenvalue weighted by Gasteiger charge is 2.29. The van der Waals surface area contributed by atoms with Gasteiger partial charge >= 0.3 is 0 Å². The second-order valence-electron chi connectivity index (χ2n) is 5.41. The van der Waals surface area contributed by atoms with Crippen LogP contribution in [-0.2, 0) is 0 Å². The molecule has 100 valence electrons. The van der Waals surface area contributed by atoms with Gasteiger partial charge in [0.25, 0.3) is 0 Å². The summed E-state index contributed by atoms with van der Waals surface area (Å²) < 4.78 is 0. The molecule has 0 amide bonds. The monoisotopic (exact) mass is 258 g/mol. The fourth-order valence-corrected chi connectivity index (χ4v) is 2.44. The van der Waals surface area contributed by atoms with Crippen molar-refractivity contribution in [1.29, 1.82) is 0 Å². The summed E-state index contributed by atoms with van der Waals surface area (Å²) in [6.07, 6.45) is 1.45. The molecular weight excluding hydrogens is 240 g/mol. The van der Waals surface area contributed by atoms with Crippen molar-refractivity contribution in [2.24, 2.45) is 0 Å². The molecule has 1 saturated heterocycles. The first-order chi connectivity index (χ1) is 9.05. The van der Waals surface area contributed by atoms with Crippen molar-refractivity contribution in [3.05, 3.63) is 24.3 Å². The normalized spacial score (nSPS) is 18.7. The quantitative estimate of drug-likeness (QED) is 0.812. The number of nitrogen functional groups attached to an aromatic ring is 1. The van der Waals surface area contributed by atoms with Crippen molar-refractivity contribution >= 4 is 22.7 Å². The van der Waals surface area contributed by atoms with E-state index >= 15 is 0 Å². The summed E-state index contributed by atoms with van der Waals surface area (Å²) in [5.74, 6) is 1.19. The maximum absolute atomic E-state index is 9.99. The number of benzene rings is 1. The number of aliphatic hydroxyl groups is 1. The Morgan fingerprint density at radius 1 is 1.16 bits per heavy atom. The number of anilines is 2. The van der Waals surface area contributed by atoms with Gasteiger partial charge in [0, 0.05) is 13.1 Å². The molecule has 0 bridgehead atoms. The van der Waals surface area contributed by atoms with Gasteiger partial charge in [0.15, 0.2) is 11.6 Å². The van der Waals surface area contributed by atoms with Crippen LogP contribution in [0.3, 0.4) is 0 Å². The Morgan fingerprint density at radius 3 is 2.37 bits per heavy atom. The lowest BCUT2D eigenvalue weighted by Gasteiger charge is -2.36. The van der Waals surface area contributed by atoms with E-state index in [0.29, 0.717) is 5.82 Å². The average Bonchev–Trinajstić information content (AvgIpc) is 2.38. The van der Waals surface area contributed by atoms with Crippen molar-refractivity contribution in [3.63, 3.8) is 0 Å². The van der Waals surface area contributed by atoms with E-state index in [4.69, 9.17) is 5.73 Å². The fourth-order valence-electron chi connectivity index (χ4n) is 2.44. The summed E-state index contributed by atoms with van der Waals surface area (Å²) in [6.45, 7) is 3.38. The maximum Gasteiger partial charge on any atom is 0.172 e. The second kappa shape index (κ2) is 4.35. The molecule has 1 fully saturated rings.